The second-order valence-electron chi connectivity index (χ2n) is 4.14. The first-order valence-electron chi connectivity index (χ1n) is 5.67. The molecule has 18 heavy (non-hydrogen) atoms. The summed E-state index contributed by atoms with van der Waals surface area (Å²) in [5, 5.41) is 8.63. The Morgan fingerprint density at radius 2 is 2.33 bits per heavy atom. The van der Waals surface area contributed by atoms with E-state index in [1.165, 1.54) is 22.6 Å². The van der Waals surface area contributed by atoms with Crippen LogP contribution in [0.15, 0.2) is 23.2 Å². The first-order valence-corrected chi connectivity index (χ1v) is 7.11. The van der Waals surface area contributed by atoms with E-state index in [0.29, 0.717) is 13.1 Å². The summed E-state index contributed by atoms with van der Waals surface area (Å²) in [7, 11) is -3.54. The maximum atomic E-state index is 12.4. The number of hydrogen-bond donors (Lipinski definition) is 1. The van der Waals surface area contributed by atoms with Gasteiger partial charge in [-0.05, 0) is 25.0 Å². The van der Waals surface area contributed by atoms with Gasteiger partial charge in [-0.2, -0.15) is 9.57 Å². The van der Waals surface area contributed by atoms with Gasteiger partial charge in [-0.25, -0.2) is 13.4 Å². The number of pyridine rings is 1. The summed E-state index contributed by atoms with van der Waals surface area (Å²) in [4.78, 5) is 3.90. The van der Waals surface area contributed by atoms with Crippen molar-refractivity contribution in [3.05, 3.63) is 24.0 Å². The van der Waals surface area contributed by atoms with Crippen molar-refractivity contribution in [2.75, 3.05) is 13.1 Å². The Kier molecular flexibility index (Phi) is 3.61. The van der Waals surface area contributed by atoms with Gasteiger partial charge in [-0.15, -0.1) is 0 Å². The van der Waals surface area contributed by atoms with E-state index in [1.54, 1.807) is 0 Å². The zero-order chi connectivity index (χ0) is 13.2. The van der Waals surface area contributed by atoms with Gasteiger partial charge in [0.15, 0.2) is 0 Å². The van der Waals surface area contributed by atoms with E-state index in [0.717, 1.165) is 12.8 Å². The third-order valence-electron chi connectivity index (χ3n) is 3.05. The number of nitrogens with zero attached hydrogens (tertiary/aromatic N) is 3. The lowest BCUT2D eigenvalue weighted by Crippen LogP contribution is -2.39. The van der Waals surface area contributed by atoms with Crippen LogP contribution in [0, 0.1) is 11.3 Å². The summed E-state index contributed by atoms with van der Waals surface area (Å²) in [5.41, 5.74) is 5.78. The van der Waals surface area contributed by atoms with E-state index in [-0.39, 0.29) is 16.6 Å². The highest BCUT2D eigenvalue weighted by Gasteiger charge is 2.34. The fourth-order valence-electron chi connectivity index (χ4n) is 2.10. The molecule has 1 unspecified atom stereocenters. The molecule has 0 bridgehead atoms. The SMILES string of the molecule is N#Cc1ccc(S(=O)(=O)N2CCCC2CN)cn1. The van der Waals surface area contributed by atoms with Crippen molar-refractivity contribution in [1.82, 2.24) is 9.29 Å². The van der Waals surface area contributed by atoms with Gasteiger partial charge in [-0.3, -0.25) is 0 Å². The fraction of sp³-hybridized carbons (Fsp3) is 0.455. The molecule has 1 aromatic rings. The highest BCUT2D eigenvalue weighted by molar-refractivity contribution is 7.89. The first kappa shape index (κ1) is 13.0. The van der Waals surface area contributed by atoms with E-state index in [1.807, 2.05) is 6.07 Å². The summed E-state index contributed by atoms with van der Waals surface area (Å²) in [6.07, 6.45) is 2.84. The topological polar surface area (TPSA) is 100 Å². The van der Waals surface area contributed by atoms with Gasteiger partial charge in [0.2, 0.25) is 10.0 Å². The molecule has 6 nitrogen and oxygen atoms in total. The van der Waals surface area contributed by atoms with Gasteiger partial charge >= 0.3 is 0 Å². The lowest BCUT2D eigenvalue weighted by molar-refractivity contribution is 0.393. The van der Waals surface area contributed by atoms with Crippen LogP contribution < -0.4 is 5.73 Å². The molecular weight excluding hydrogens is 252 g/mol. The molecule has 0 saturated carbocycles. The van der Waals surface area contributed by atoms with Gasteiger partial charge < -0.3 is 5.73 Å². The predicted molar refractivity (Wildman–Crippen MR) is 64.9 cm³/mol. The van der Waals surface area contributed by atoms with Crippen LogP contribution in [0.1, 0.15) is 18.5 Å². The summed E-state index contributed by atoms with van der Waals surface area (Å²) >= 11 is 0. The standard InChI is InChI=1S/C11H14N4O2S/c12-6-9-3-4-11(8-14-9)18(16,17)15-5-1-2-10(15)7-13/h3-4,8,10H,1-2,5,7,13H2. The van der Waals surface area contributed by atoms with Crippen LogP contribution in [0.4, 0.5) is 0 Å². The predicted octanol–water partition coefficient (Wildman–Crippen LogP) is 0.0651. The average molecular weight is 266 g/mol. The van der Waals surface area contributed by atoms with Crippen LogP contribution in [-0.2, 0) is 10.0 Å². The Morgan fingerprint density at radius 3 is 2.89 bits per heavy atom. The highest BCUT2D eigenvalue weighted by Crippen LogP contribution is 2.25. The average Bonchev–Trinajstić information content (AvgIpc) is 2.88. The molecule has 0 amide bonds. The quantitative estimate of drug-likeness (QED) is 0.834. The van der Waals surface area contributed by atoms with Crippen molar-refractivity contribution < 1.29 is 8.42 Å². The van der Waals surface area contributed by atoms with E-state index in [2.05, 4.69) is 4.98 Å². The molecule has 0 aromatic carbocycles. The van der Waals surface area contributed by atoms with Crippen molar-refractivity contribution >= 4 is 10.0 Å². The van der Waals surface area contributed by atoms with Crippen LogP contribution in [0.25, 0.3) is 0 Å². The second kappa shape index (κ2) is 5.02. The smallest absolute Gasteiger partial charge is 0.244 e. The van der Waals surface area contributed by atoms with Crippen LogP contribution in [0.2, 0.25) is 0 Å². The van der Waals surface area contributed by atoms with E-state index >= 15 is 0 Å². The number of sulfonamides is 1. The molecule has 96 valence electrons. The molecule has 1 fully saturated rings. The number of nitriles is 1. The van der Waals surface area contributed by atoms with Crippen LogP contribution >= 0.6 is 0 Å². The minimum atomic E-state index is -3.54. The van der Waals surface area contributed by atoms with Crippen LogP contribution in [0.3, 0.4) is 0 Å². The van der Waals surface area contributed by atoms with Crippen molar-refractivity contribution in [3.8, 4) is 6.07 Å². The molecule has 2 heterocycles. The molecular formula is C11H14N4O2S. The fourth-order valence-corrected chi connectivity index (χ4v) is 3.75. The molecule has 0 radical (unpaired) electrons. The monoisotopic (exact) mass is 266 g/mol. The number of rotatable bonds is 3. The Balaban J connectivity index is 2.33. The van der Waals surface area contributed by atoms with Gasteiger partial charge in [0.1, 0.15) is 16.7 Å². The number of hydrogen-bond acceptors (Lipinski definition) is 5. The largest absolute Gasteiger partial charge is 0.329 e. The molecule has 1 aliphatic rings. The van der Waals surface area contributed by atoms with Gasteiger partial charge in [-0.1, -0.05) is 0 Å². The summed E-state index contributed by atoms with van der Waals surface area (Å²) in [5.74, 6) is 0. The number of nitrogens with two attached hydrogens (primary N) is 1. The van der Waals surface area contributed by atoms with Crippen molar-refractivity contribution in [2.24, 2.45) is 5.73 Å². The molecule has 0 spiro atoms. The molecule has 1 aromatic heterocycles. The lowest BCUT2D eigenvalue weighted by Gasteiger charge is -2.22. The Morgan fingerprint density at radius 1 is 1.56 bits per heavy atom. The molecule has 2 rings (SSSR count). The molecule has 7 heteroatoms. The maximum absolute atomic E-state index is 12.4. The Bertz CT molecular complexity index is 562. The zero-order valence-electron chi connectivity index (χ0n) is 9.78. The Labute approximate surface area is 106 Å². The number of aromatic nitrogens is 1. The van der Waals surface area contributed by atoms with E-state index < -0.39 is 10.0 Å². The lowest BCUT2D eigenvalue weighted by atomic mass is 10.2. The summed E-state index contributed by atoms with van der Waals surface area (Å²) < 4.78 is 26.1. The minimum Gasteiger partial charge on any atom is -0.329 e. The summed E-state index contributed by atoms with van der Waals surface area (Å²) in [6, 6.07) is 4.53. The highest BCUT2D eigenvalue weighted by atomic mass is 32.2. The Hall–Kier alpha value is -1.49. The van der Waals surface area contributed by atoms with Crippen molar-refractivity contribution in [1.29, 1.82) is 5.26 Å². The molecule has 1 aliphatic heterocycles. The normalized spacial score (nSPS) is 20.8. The van der Waals surface area contributed by atoms with Crippen LogP contribution in [-0.4, -0.2) is 36.8 Å². The first-order chi connectivity index (χ1) is 8.59. The zero-order valence-corrected chi connectivity index (χ0v) is 10.6. The molecule has 1 atom stereocenters. The van der Waals surface area contributed by atoms with E-state index in [9.17, 15) is 8.42 Å². The summed E-state index contributed by atoms with van der Waals surface area (Å²) in [6.45, 7) is 0.813. The second-order valence-corrected chi connectivity index (χ2v) is 6.03. The van der Waals surface area contributed by atoms with Gasteiger partial charge in [0.05, 0.1) is 0 Å². The molecule has 1 saturated heterocycles. The third-order valence-corrected chi connectivity index (χ3v) is 4.99. The van der Waals surface area contributed by atoms with Crippen LogP contribution in [0.5, 0.6) is 0 Å². The minimum absolute atomic E-state index is 0.113. The van der Waals surface area contributed by atoms with Gasteiger partial charge in [0.25, 0.3) is 0 Å². The van der Waals surface area contributed by atoms with E-state index in [4.69, 9.17) is 11.0 Å². The van der Waals surface area contributed by atoms with Gasteiger partial charge in [0, 0.05) is 25.3 Å². The molecule has 0 aliphatic carbocycles. The molecule has 2 N–H and O–H groups in total. The maximum Gasteiger partial charge on any atom is 0.244 e. The van der Waals surface area contributed by atoms with Crippen molar-refractivity contribution in [2.45, 2.75) is 23.8 Å². The third kappa shape index (κ3) is 2.22. The van der Waals surface area contributed by atoms with Crippen molar-refractivity contribution in [3.63, 3.8) is 0 Å².